The standard InChI is InChI=1S/C23H30N4O/c1-7-16(3)24-22(28)19-14-27(23(4,5)6)21-18(19)12-13-20(26-21)25-17-10-8-15(2)9-11-17/h8-14,16H,7H2,1-6H3,(H,24,28)(H,25,26)/t16-/m0/s1. The van der Waals surface area contributed by atoms with Gasteiger partial charge in [-0.25, -0.2) is 4.98 Å². The molecule has 5 heteroatoms. The zero-order valence-electron chi connectivity index (χ0n) is 17.6. The van der Waals surface area contributed by atoms with Gasteiger partial charge in [0.25, 0.3) is 5.91 Å². The Labute approximate surface area is 167 Å². The highest BCUT2D eigenvalue weighted by Crippen LogP contribution is 2.28. The molecule has 3 aromatic rings. The number of carbonyl (C=O) groups excluding carboxylic acids is 1. The molecule has 0 aliphatic heterocycles. The molecular formula is C23H30N4O. The molecule has 28 heavy (non-hydrogen) atoms. The first-order valence-corrected chi connectivity index (χ1v) is 9.86. The Balaban J connectivity index is 2.03. The van der Waals surface area contributed by atoms with Crippen LogP contribution in [0, 0.1) is 6.92 Å². The fraction of sp³-hybridized carbons (Fsp3) is 0.391. The molecule has 148 valence electrons. The third-order valence-corrected chi connectivity index (χ3v) is 4.93. The molecule has 1 aromatic carbocycles. The molecule has 0 spiro atoms. The SMILES string of the molecule is CC[C@H](C)NC(=O)c1cn(C(C)(C)C)c2nc(Nc3ccc(C)cc3)ccc12. The lowest BCUT2D eigenvalue weighted by Crippen LogP contribution is -2.31. The van der Waals surface area contributed by atoms with E-state index >= 15 is 0 Å². The normalized spacial score (nSPS) is 12.8. The van der Waals surface area contributed by atoms with E-state index < -0.39 is 0 Å². The number of hydrogen-bond acceptors (Lipinski definition) is 3. The maximum atomic E-state index is 12.8. The van der Waals surface area contributed by atoms with Crippen molar-refractivity contribution in [1.29, 1.82) is 0 Å². The number of aromatic nitrogens is 2. The third kappa shape index (κ3) is 4.19. The lowest BCUT2D eigenvalue weighted by molar-refractivity contribution is 0.0940. The lowest BCUT2D eigenvalue weighted by atomic mass is 10.1. The van der Waals surface area contributed by atoms with Crippen LogP contribution in [0.15, 0.2) is 42.6 Å². The van der Waals surface area contributed by atoms with Crippen molar-refractivity contribution in [3.05, 3.63) is 53.7 Å². The van der Waals surface area contributed by atoms with Gasteiger partial charge in [0.1, 0.15) is 11.5 Å². The van der Waals surface area contributed by atoms with Gasteiger partial charge in [0.15, 0.2) is 0 Å². The molecule has 2 aromatic heterocycles. The van der Waals surface area contributed by atoms with E-state index in [2.05, 4.69) is 62.0 Å². The van der Waals surface area contributed by atoms with Gasteiger partial charge in [0.2, 0.25) is 0 Å². The highest BCUT2D eigenvalue weighted by atomic mass is 16.1. The Hall–Kier alpha value is -2.82. The van der Waals surface area contributed by atoms with Crippen LogP contribution in [-0.2, 0) is 5.54 Å². The molecule has 3 rings (SSSR count). The van der Waals surface area contributed by atoms with Gasteiger partial charge in [-0.2, -0.15) is 0 Å². The number of carbonyl (C=O) groups is 1. The smallest absolute Gasteiger partial charge is 0.253 e. The molecule has 0 unspecified atom stereocenters. The van der Waals surface area contributed by atoms with Crippen molar-refractivity contribution in [3.63, 3.8) is 0 Å². The summed E-state index contributed by atoms with van der Waals surface area (Å²) in [6.07, 6.45) is 2.82. The second kappa shape index (κ2) is 7.66. The van der Waals surface area contributed by atoms with E-state index in [0.717, 1.165) is 29.0 Å². The minimum absolute atomic E-state index is 0.0524. The van der Waals surface area contributed by atoms with Crippen LogP contribution >= 0.6 is 0 Å². The highest BCUT2D eigenvalue weighted by Gasteiger charge is 2.23. The van der Waals surface area contributed by atoms with Crippen molar-refractivity contribution < 1.29 is 4.79 Å². The van der Waals surface area contributed by atoms with Crippen LogP contribution in [0.25, 0.3) is 11.0 Å². The number of anilines is 2. The third-order valence-electron chi connectivity index (χ3n) is 4.93. The molecule has 0 bridgehead atoms. The zero-order chi connectivity index (χ0) is 20.5. The van der Waals surface area contributed by atoms with Gasteiger partial charge in [-0.3, -0.25) is 4.79 Å². The number of rotatable bonds is 5. The van der Waals surface area contributed by atoms with Crippen molar-refractivity contribution >= 4 is 28.4 Å². The molecular weight excluding hydrogens is 348 g/mol. The Bertz CT molecular complexity index is 980. The van der Waals surface area contributed by atoms with Crippen LogP contribution in [0.3, 0.4) is 0 Å². The van der Waals surface area contributed by atoms with Crippen LogP contribution in [-0.4, -0.2) is 21.5 Å². The number of aryl methyl sites for hydroxylation is 1. The monoisotopic (exact) mass is 378 g/mol. The topological polar surface area (TPSA) is 59.0 Å². The van der Waals surface area contributed by atoms with Gasteiger partial charge in [-0.15, -0.1) is 0 Å². The molecule has 0 aliphatic rings. The van der Waals surface area contributed by atoms with Crippen LogP contribution in [0.2, 0.25) is 0 Å². The number of fused-ring (bicyclic) bond motifs is 1. The van der Waals surface area contributed by atoms with E-state index in [4.69, 9.17) is 4.98 Å². The summed E-state index contributed by atoms with van der Waals surface area (Å²) in [5.74, 6) is 0.706. The fourth-order valence-corrected chi connectivity index (χ4v) is 3.05. The van der Waals surface area contributed by atoms with E-state index in [-0.39, 0.29) is 17.5 Å². The lowest BCUT2D eigenvalue weighted by Gasteiger charge is -2.22. The van der Waals surface area contributed by atoms with E-state index in [9.17, 15) is 4.79 Å². The van der Waals surface area contributed by atoms with Gasteiger partial charge >= 0.3 is 0 Å². The average Bonchev–Trinajstić information content (AvgIpc) is 3.03. The predicted molar refractivity (Wildman–Crippen MR) is 116 cm³/mol. The van der Waals surface area contributed by atoms with Gasteiger partial charge in [0.05, 0.1) is 5.56 Å². The van der Waals surface area contributed by atoms with Gasteiger partial charge in [0, 0.05) is 28.9 Å². The first kappa shape index (κ1) is 19.9. The Morgan fingerprint density at radius 1 is 1.14 bits per heavy atom. The van der Waals surface area contributed by atoms with E-state index in [0.29, 0.717) is 5.56 Å². The Morgan fingerprint density at radius 3 is 2.43 bits per heavy atom. The maximum absolute atomic E-state index is 12.8. The summed E-state index contributed by atoms with van der Waals surface area (Å²) in [7, 11) is 0. The summed E-state index contributed by atoms with van der Waals surface area (Å²) in [4.78, 5) is 17.6. The number of amides is 1. The number of nitrogens with one attached hydrogen (secondary N) is 2. The molecule has 2 heterocycles. The van der Waals surface area contributed by atoms with Crippen molar-refractivity contribution in [1.82, 2.24) is 14.9 Å². The minimum Gasteiger partial charge on any atom is -0.350 e. The zero-order valence-corrected chi connectivity index (χ0v) is 17.6. The summed E-state index contributed by atoms with van der Waals surface area (Å²) in [5, 5.41) is 7.29. The van der Waals surface area contributed by atoms with Crippen LogP contribution < -0.4 is 10.6 Å². The minimum atomic E-state index is -0.192. The number of benzene rings is 1. The van der Waals surface area contributed by atoms with Crippen molar-refractivity contribution in [2.45, 2.75) is 59.5 Å². The van der Waals surface area contributed by atoms with Gasteiger partial charge < -0.3 is 15.2 Å². The fourth-order valence-electron chi connectivity index (χ4n) is 3.05. The van der Waals surface area contributed by atoms with Crippen LogP contribution in [0.5, 0.6) is 0 Å². The summed E-state index contributed by atoms with van der Waals surface area (Å²) in [5.41, 5.74) is 3.48. The second-order valence-electron chi connectivity index (χ2n) is 8.43. The summed E-state index contributed by atoms with van der Waals surface area (Å²) >= 11 is 0. The molecule has 1 amide bonds. The van der Waals surface area contributed by atoms with Gasteiger partial charge in [-0.1, -0.05) is 24.6 Å². The van der Waals surface area contributed by atoms with E-state index in [1.54, 1.807) is 0 Å². The molecule has 2 N–H and O–H groups in total. The highest BCUT2D eigenvalue weighted by molar-refractivity contribution is 6.06. The molecule has 0 aliphatic carbocycles. The summed E-state index contributed by atoms with van der Waals surface area (Å²) < 4.78 is 2.08. The van der Waals surface area contributed by atoms with Crippen LogP contribution in [0.4, 0.5) is 11.5 Å². The summed E-state index contributed by atoms with van der Waals surface area (Å²) in [6.45, 7) is 12.5. The van der Waals surface area contributed by atoms with E-state index in [1.807, 2.05) is 37.4 Å². The molecule has 0 saturated heterocycles. The summed E-state index contributed by atoms with van der Waals surface area (Å²) in [6, 6.07) is 12.2. The molecule has 0 radical (unpaired) electrons. The quantitative estimate of drug-likeness (QED) is 0.627. The van der Waals surface area contributed by atoms with Crippen molar-refractivity contribution in [3.8, 4) is 0 Å². The number of pyridine rings is 1. The molecule has 0 fully saturated rings. The average molecular weight is 379 g/mol. The largest absolute Gasteiger partial charge is 0.350 e. The first-order valence-electron chi connectivity index (χ1n) is 9.86. The molecule has 1 atom stereocenters. The van der Waals surface area contributed by atoms with E-state index in [1.165, 1.54) is 5.56 Å². The van der Waals surface area contributed by atoms with Crippen LogP contribution in [0.1, 0.15) is 57.0 Å². The number of hydrogen-bond donors (Lipinski definition) is 2. The Kier molecular flexibility index (Phi) is 5.45. The predicted octanol–water partition coefficient (Wildman–Crippen LogP) is 5.37. The molecule has 5 nitrogen and oxygen atoms in total. The van der Waals surface area contributed by atoms with Gasteiger partial charge in [-0.05, 0) is 65.3 Å². The maximum Gasteiger partial charge on any atom is 0.253 e. The Morgan fingerprint density at radius 2 is 1.82 bits per heavy atom. The number of nitrogens with zero attached hydrogens (tertiary/aromatic N) is 2. The first-order chi connectivity index (χ1) is 13.2. The van der Waals surface area contributed by atoms with Crippen molar-refractivity contribution in [2.24, 2.45) is 0 Å². The van der Waals surface area contributed by atoms with Crippen molar-refractivity contribution in [2.75, 3.05) is 5.32 Å². The molecule has 0 saturated carbocycles. The second-order valence-corrected chi connectivity index (χ2v) is 8.43.